The van der Waals surface area contributed by atoms with E-state index in [0.29, 0.717) is 12.8 Å². The van der Waals surface area contributed by atoms with E-state index in [1.165, 1.54) is 0 Å². The van der Waals surface area contributed by atoms with Crippen molar-refractivity contribution < 1.29 is 9.13 Å². The Morgan fingerprint density at radius 1 is 1.40 bits per heavy atom. The molecule has 15 heavy (non-hydrogen) atoms. The van der Waals surface area contributed by atoms with E-state index < -0.39 is 5.67 Å². The number of rotatable bonds is 1. The molecule has 1 aromatic carbocycles. The van der Waals surface area contributed by atoms with Crippen molar-refractivity contribution in [3.8, 4) is 5.75 Å². The van der Waals surface area contributed by atoms with Crippen LogP contribution < -0.4 is 10.5 Å². The van der Waals surface area contributed by atoms with Gasteiger partial charge in [0.25, 0.3) is 0 Å². The summed E-state index contributed by atoms with van der Waals surface area (Å²) < 4.78 is 19.6. The van der Waals surface area contributed by atoms with Gasteiger partial charge in [0.2, 0.25) is 0 Å². The third-order valence-corrected chi connectivity index (χ3v) is 3.38. The highest BCUT2D eigenvalue weighted by Crippen LogP contribution is 2.45. The number of benzene rings is 1. The Kier molecular flexibility index (Phi) is 1.80. The van der Waals surface area contributed by atoms with Crippen molar-refractivity contribution in [2.75, 3.05) is 6.61 Å². The predicted molar refractivity (Wildman–Crippen MR) is 55.6 cm³/mol. The summed E-state index contributed by atoms with van der Waals surface area (Å²) in [4.78, 5) is 0. The molecule has 2 aliphatic rings. The third kappa shape index (κ3) is 1.34. The Morgan fingerprint density at radius 2 is 2.20 bits per heavy atom. The molecule has 1 fully saturated rings. The molecule has 1 aliphatic heterocycles. The van der Waals surface area contributed by atoms with Gasteiger partial charge >= 0.3 is 0 Å². The summed E-state index contributed by atoms with van der Waals surface area (Å²) in [5.41, 5.74) is 6.36. The molecule has 80 valence electrons. The Hall–Kier alpha value is -1.09. The van der Waals surface area contributed by atoms with E-state index >= 15 is 0 Å². The SMILES string of the molecule is NC1CC(F)(c2ccc3c(c2)CCO3)C1. The van der Waals surface area contributed by atoms with Crippen LogP contribution in [0.3, 0.4) is 0 Å². The lowest BCUT2D eigenvalue weighted by atomic mass is 9.73. The normalized spacial score (nSPS) is 33.1. The molecule has 2 nitrogen and oxygen atoms in total. The van der Waals surface area contributed by atoms with E-state index in [1.807, 2.05) is 18.2 Å². The van der Waals surface area contributed by atoms with Gasteiger partial charge in [-0.3, -0.25) is 0 Å². The molecule has 1 saturated carbocycles. The minimum atomic E-state index is -1.18. The lowest BCUT2D eigenvalue weighted by Crippen LogP contribution is -2.46. The van der Waals surface area contributed by atoms with E-state index in [1.54, 1.807) is 0 Å². The first kappa shape index (κ1) is 9.16. The molecule has 0 radical (unpaired) electrons. The summed E-state index contributed by atoms with van der Waals surface area (Å²) in [7, 11) is 0. The maximum Gasteiger partial charge on any atom is 0.139 e. The Bertz CT molecular complexity index is 399. The zero-order valence-electron chi connectivity index (χ0n) is 8.50. The average molecular weight is 207 g/mol. The van der Waals surface area contributed by atoms with Gasteiger partial charge in [-0.1, -0.05) is 6.07 Å². The molecular weight excluding hydrogens is 193 g/mol. The van der Waals surface area contributed by atoms with Crippen LogP contribution in [0.5, 0.6) is 5.75 Å². The summed E-state index contributed by atoms with van der Waals surface area (Å²) in [6.45, 7) is 0.720. The zero-order chi connectivity index (χ0) is 10.5. The molecule has 0 unspecified atom stereocenters. The van der Waals surface area contributed by atoms with Crippen LogP contribution in [0.2, 0.25) is 0 Å². The standard InChI is InChI=1S/C12H14FNO/c13-12(6-10(14)7-12)9-1-2-11-8(5-9)3-4-15-11/h1-2,5,10H,3-4,6-7,14H2. The van der Waals surface area contributed by atoms with E-state index in [9.17, 15) is 4.39 Å². The van der Waals surface area contributed by atoms with E-state index in [4.69, 9.17) is 10.5 Å². The largest absolute Gasteiger partial charge is 0.493 e. The summed E-state index contributed by atoms with van der Waals surface area (Å²) in [6, 6.07) is 5.67. The second kappa shape index (κ2) is 2.95. The smallest absolute Gasteiger partial charge is 0.139 e. The first-order valence-electron chi connectivity index (χ1n) is 5.38. The predicted octanol–water partition coefficient (Wildman–Crippen LogP) is 1.91. The van der Waals surface area contributed by atoms with Gasteiger partial charge in [0, 0.05) is 25.3 Å². The van der Waals surface area contributed by atoms with Crippen molar-refractivity contribution in [1.82, 2.24) is 0 Å². The van der Waals surface area contributed by atoms with Gasteiger partial charge < -0.3 is 10.5 Å². The Labute approximate surface area is 88.2 Å². The Balaban J connectivity index is 1.93. The average Bonchev–Trinajstić information content (AvgIpc) is 2.61. The molecule has 0 atom stereocenters. The molecular formula is C12H14FNO. The molecule has 0 bridgehead atoms. The zero-order valence-corrected chi connectivity index (χ0v) is 8.50. The highest BCUT2D eigenvalue weighted by Gasteiger charge is 2.44. The van der Waals surface area contributed by atoms with Crippen molar-refractivity contribution in [3.63, 3.8) is 0 Å². The van der Waals surface area contributed by atoms with Gasteiger partial charge in [-0.2, -0.15) is 0 Å². The molecule has 0 spiro atoms. The van der Waals surface area contributed by atoms with Crippen LogP contribution in [0.4, 0.5) is 4.39 Å². The molecule has 0 saturated heterocycles. The number of alkyl halides is 1. The molecule has 3 rings (SSSR count). The van der Waals surface area contributed by atoms with Crippen molar-refractivity contribution >= 4 is 0 Å². The van der Waals surface area contributed by atoms with E-state index in [-0.39, 0.29) is 6.04 Å². The molecule has 1 aromatic rings. The van der Waals surface area contributed by atoms with Crippen molar-refractivity contribution in [1.29, 1.82) is 0 Å². The number of hydrogen-bond acceptors (Lipinski definition) is 2. The molecule has 1 heterocycles. The number of ether oxygens (including phenoxy) is 1. The van der Waals surface area contributed by atoms with Crippen molar-refractivity contribution in [3.05, 3.63) is 29.3 Å². The van der Waals surface area contributed by atoms with Crippen LogP contribution in [-0.4, -0.2) is 12.6 Å². The summed E-state index contributed by atoms with van der Waals surface area (Å²) >= 11 is 0. The second-order valence-electron chi connectivity index (χ2n) is 4.55. The lowest BCUT2D eigenvalue weighted by Gasteiger charge is -2.39. The molecule has 0 aromatic heterocycles. The third-order valence-electron chi connectivity index (χ3n) is 3.38. The van der Waals surface area contributed by atoms with E-state index in [2.05, 4.69) is 0 Å². The summed E-state index contributed by atoms with van der Waals surface area (Å²) in [6.07, 6.45) is 1.80. The minimum absolute atomic E-state index is 0.0273. The number of nitrogens with two attached hydrogens (primary N) is 1. The van der Waals surface area contributed by atoms with Crippen LogP contribution in [0.25, 0.3) is 0 Å². The highest BCUT2D eigenvalue weighted by atomic mass is 19.1. The van der Waals surface area contributed by atoms with Gasteiger partial charge in [-0.25, -0.2) is 4.39 Å². The van der Waals surface area contributed by atoms with Gasteiger partial charge in [-0.05, 0) is 23.3 Å². The minimum Gasteiger partial charge on any atom is -0.493 e. The molecule has 1 aliphatic carbocycles. The van der Waals surface area contributed by atoms with Gasteiger partial charge in [-0.15, -0.1) is 0 Å². The van der Waals surface area contributed by atoms with Crippen LogP contribution in [0, 0.1) is 0 Å². The molecule has 2 N–H and O–H groups in total. The summed E-state index contributed by atoms with van der Waals surface area (Å²) in [5, 5.41) is 0. The van der Waals surface area contributed by atoms with Crippen LogP contribution in [0.15, 0.2) is 18.2 Å². The number of fused-ring (bicyclic) bond motifs is 1. The topological polar surface area (TPSA) is 35.2 Å². The highest BCUT2D eigenvalue weighted by molar-refractivity contribution is 5.42. The van der Waals surface area contributed by atoms with Crippen molar-refractivity contribution in [2.45, 2.75) is 31.0 Å². The first-order valence-corrected chi connectivity index (χ1v) is 5.38. The maximum absolute atomic E-state index is 14.2. The van der Waals surface area contributed by atoms with Gasteiger partial charge in [0.15, 0.2) is 0 Å². The molecule has 3 heteroatoms. The number of halogens is 1. The fourth-order valence-corrected chi connectivity index (χ4v) is 2.47. The Morgan fingerprint density at radius 3 is 2.93 bits per heavy atom. The van der Waals surface area contributed by atoms with Gasteiger partial charge in [0.1, 0.15) is 11.4 Å². The second-order valence-corrected chi connectivity index (χ2v) is 4.55. The van der Waals surface area contributed by atoms with Crippen LogP contribution >= 0.6 is 0 Å². The molecule has 0 amide bonds. The maximum atomic E-state index is 14.2. The van der Waals surface area contributed by atoms with Crippen molar-refractivity contribution in [2.24, 2.45) is 5.73 Å². The first-order chi connectivity index (χ1) is 7.17. The summed E-state index contributed by atoms with van der Waals surface area (Å²) in [5.74, 6) is 0.908. The fraction of sp³-hybridized carbons (Fsp3) is 0.500. The van der Waals surface area contributed by atoms with E-state index in [0.717, 1.165) is 29.9 Å². The fourth-order valence-electron chi connectivity index (χ4n) is 2.47. The van der Waals surface area contributed by atoms with Gasteiger partial charge in [0.05, 0.1) is 6.61 Å². The van der Waals surface area contributed by atoms with Crippen LogP contribution in [-0.2, 0) is 12.1 Å². The number of hydrogen-bond donors (Lipinski definition) is 1. The quantitative estimate of drug-likeness (QED) is 0.763. The lowest BCUT2D eigenvalue weighted by molar-refractivity contribution is 0.0405. The van der Waals surface area contributed by atoms with Crippen LogP contribution in [0.1, 0.15) is 24.0 Å². The monoisotopic (exact) mass is 207 g/mol.